The minimum atomic E-state index is -0.308. The van der Waals surface area contributed by atoms with Gasteiger partial charge >= 0.3 is 5.76 Å². The van der Waals surface area contributed by atoms with Crippen LogP contribution in [-0.4, -0.2) is 28.5 Å². The quantitative estimate of drug-likeness (QED) is 0.801. The Kier molecular flexibility index (Phi) is 3.64. The van der Waals surface area contributed by atoms with Crippen LogP contribution >= 0.6 is 0 Å². The molecule has 2 aromatic rings. The van der Waals surface area contributed by atoms with E-state index < -0.39 is 0 Å². The van der Waals surface area contributed by atoms with Crippen molar-refractivity contribution in [3.05, 3.63) is 46.5 Å². The minimum absolute atomic E-state index is 0.0467. The maximum Gasteiger partial charge on any atom is 0.420 e. The lowest BCUT2D eigenvalue weighted by molar-refractivity contribution is -0.127. The predicted octanol–water partition coefficient (Wildman–Crippen LogP) is 2.56. The van der Waals surface area contributed by atoms with Crippen molar-refractivity contribution in [2.24, 2.45) is 0 Å². The van der Waals surface area contributed by atoms with E-state index in [-0.39, 0.29) is 17.7 Å². The van der Waals surface area contributed by atoms with Gasteiger partial charge in [-0.05, 0) is 50.0 Å². The standard InChI is InChI=1S/C17H20N2O3/c1-4-15(20)18-7-5-13(6-8-18)19-14-10-11(2)9-12(3)16(14)22-17(19)21/h4,9-10,13H,1,5-8H2,2-3H3. The third kappa shape index (κ3) is 2.36. The second kappa shape index (κ2) is 5.48. The van der Waals surface area contributed by atoms with Crippen molar-refractivity contribution in [2.75, 3.05) is 13.1 Å². The van der Waals surface area contributed by atoms with E-state index in [4.69, 9.17) is 4.42 Å². The van der Waals surface area contributed by atoms with E-state index in [0.717, 1.165) is 29.5 Å². The number of fused-ring (bicyclic) bond motifs is 1. The van der Waals surface area contributed by atoms with Gasteiger partial charge in [0.15, 0.2) is 5.58 Å². The Morgan fingerprint density at radius 3 is 2.64 bits per heavy atom. The first-order valence-corrected chi connectivity index (χ1v) is 7.55. The number of carbonyl (C=O) groups excluding carboxylic acids is 1. The van der Waals surface area contributed by atoms with Crippen LogP contribution in [0.15, 0.2) is 34.0 Å². The number of rotatable bonds is 2. The van der Waals surface area contributed by atoms with E-state index in [0.29, 0.717) is 18.7 Å². The summed E-state index contributed by atoms with van der Waals surface area (Å²) < 4.78 is 7.20. The number of amides is 1. The van der Waals surface area contributed by atoms with Gasteiger partial charge in [-0.15, -0.1) is 0 Å². The fraction of sp³-hybridized carbons (Fsp3) is 0.412. The number of hydrogen-bond acceptors (Lipinski definition) is 3. The number of aryl methyl sites for hydroxylation is 2. The Morgan fingerprint density at radius 2 is 2.00 bits per heavy atom. The van der Waals surface area contributed by atoms with Crippen molar-refractivity contribution in [3.8, 4) is 0 Å². The lowest BCUT2D eigenvalue weighted by atomic mass is 10.0. The third-order valence-electron chi connectivity index (χ3n) is 4.36. The molecule has 1 aromatic carbocycles. The topological polar surface area (TPSA) is 55.5 Å². The highest BCUT2D eigenvalue weighted by Crippen LogP contribution is 2.27. The van der Waals surface area contributed by atoms with Gasteiger partial charge in [0.05, 0.1) is 5.52 Å². The summed E-state index contributed by atoms with van der Waals surface area (Å²) in [5.41, 5.74) is 3.61. The summed E-state index contributed by atoms with van der Waals surface area (Å²) in [6.07, 6.45) is 2.84. The van der Waals surface area contributed by atoms with E-state index in [1.54, 1.807) is 9.47 Å². The Hall–Kier alpha value is -2.30. The number of nitrogens with zero attached hydrogens (tertiary/aromatic N) is 2. The molecule has 22 heavy (non-hydrogen) atoms. The molecule has 0 bridgehead atoms. The van der Waals surface area contributed by atoms with Crippen molar-refractivity contribution in [3.63, 3.8) is 0 Å². The molecule has 0 saturated carbocycles. The summed E-state index contributed by atoms with van der Waals surface area (Å²) in [5.74, 6) is -0.355. The highest BCUT2D eigenvalue weighted by Gasteiger charge is 2.26. The van der Waals surface area contributed by atoms with Gasteiger partial charge in [0.2, 0.25) is 5.91 Å². The predicted molar refractivity (Wildman–Crippen MR) is 85.0 cm³/mol. The van der Waals surface area contributed by atoms with Crippen LogP contribution in [0.5, 0.6) is 0 Å². The number of benzene rings is 1. The SMILES string of the molecule is C=CC(=O)N1CCC(n2c(=O)oc3c(C)cc(C)cc32)CC1. The molecule has 1 fully saturated rings. The van der Waals surface area contributed by atoms with E-state index in [2.05, 4.69) is 6.58 Å². The zero-order valence-electron chi connectivity index (χ0n) is 13.0. The number of likely N-dealkylation sites (tertiary alicyclic amines) is 1. The van der Waals surface area contributed by atoms with Gasteiger partial charge in [0.25, 0.3) is 0 Å². The molecule has 3 rings (SSSR count). The van der Waals surface area contributed by atoms with Gasteiger partial charge in [-0.1, -0.05) is 12.6 Å². The summed E-state index contributed by atoms with van der Waals surface area (Å²) in [4.78, 5) is 25.7. The molecule has 5 heteroatoms. The summed E-state index contributed by atoms with van der Waals surface area (Å²) >= 11 is 0. The second-order valence-electron chi connectivity index (χ2n) is 5.93. The molecule has 1 aliphatic rings. The van der Waals surface area contributed by atoms with Crippen LogP contribution in [0.25, 0.3) is 11.1 Å². The molecule has 1 aliphatic heterocycles. The van der Waals surface area contributed by atoms with Crippen LogP contribution in [0.3, 0.4) is 0 Å². The lowest BCUT2D eigenvalue weighted by Gasteiger charge is -2.31. The average molecular weight is 300 g/mol. The lowest BCUT2D eigenvalue weighted by Crippen LogP contribution is -2.39. The fourth-order valence-corrected chi connectivity index (χ4v) is 3.30. The molecule has 2 heterocycles. The first-order valence-electron chi connectivity index (χ1n) is 7.55. The maximum atomic E-state index is 12.3. The number of aromatic nitrogens is 1. The highest BCUT2D eigenvalue weighted by molar-refractivity contribution is 5.87. The van der Waals surface area contributed by atoms with Crippen LogP contribution in [0.4, 0.5) is 0 Å². The van der Waals surface area contributed by atoms with E-state index in [1.165, 1.54) is 6.08 Å². The molecule has 0 radical (unpaired) electrons. The van der Waals surface area contributed by atoms with Crippen LogP contribution in [0, 0.1) is 13.8 Å². The zero-order chi connectivity index (χ0) is 15.9. The number of hydrogen-bond donors (Lipinski definition) is 0. The van der Waals surface area contributed by atoms with Gasteiger partial charge in [-0.25, -0.2) is 4.79 Å². The summed E-state index contributed by atoms with van der Waals surface area (Å²) in [7, 11) is 0. The maximum absolute atomic E-state index is 12.3. The molecule has 0 unspecified atom stereocenters. The summed E-state index contributed by atoms with van der Waals surface area (Å²) in [5, 5.41) is 0. The summed E-state index contributed by atoms with van der Waals surface area (Å²) in [6, 6.07) is 4.08. The Labute approximate surface area is 128 Å². The van der Waals surface area contributed by atoms with Crippen LogP contribution in [-0.2, 0) is 4.79 Å². The normalized spacial score (nSPS) is 16.2. The van der Waals surface area contributed by atoms with Crippen molar-refractivity contribution >= 4 is 17.0 Å². The monoisotopic (exact) mass is 300 g/mol. The summed E-state index contributed by atoms with van der Waals surface area (Å²) in [6.45, 7) is 8.76. The zero-order valence-corrected chi connectivity index (χ0v) is 13.0. The van der Waals surface area contributed by atoms with Gasteiger partial charge in [0, 0.05) is 19.1 Å². The van der Waals surface area contributed by atoms with E-state index in [1.807, 2.05) is 26.0 Å². The molecule has 1 amide bonds. The number of oxazole rings is 1. The smallest absolute Gasteiger partial charge is 0.407 e. The van der Waals surface area contributed by atoms with Crippen LogP contribution in [0.1, 0.15) is 30.0 Å². The molecule has 0 atom stereocenters. The Balaban J connectivity index is 1.95. The molecule has 5 nitrogen and oxygen atoms in total. The molecule has 0 spiro atoms. The van der Waals surface area contributed by atoms with Crippen LogP contribution in [0.2, 0.25) is 0 Å². The van der Waals surface area contributed by atoms with Gasteiger partial charge in [-0.3, -0.25) is 9.36 Å². The second-order valence-corrected chi connectivity index (χ2v) is 5.93. The van der Waals surface area contributed by atoms with Crippen molar-refractivity contribution in [1.29, 1.82) is 0 Å². The van der Waals surface area contributed by atoms with Gasteiger partial charge in [0.1, 0.15) is 0 Å². The molecule has 1 saturated heterocycles. The molecular formula is C17H20N2O3. The Bertz CT molecular complexity index is 792. The van der Waals surface area contributed by atoms with Gasteiger partial charge in [-0.2, -0.15) is 0 Å². The number of carbonyl (C=O) groups is 1. The van der Waals surface area contributed by atoms with E-state index in [9.17, 15) is 9.59 Å². The van der Waals surface area contributed by atoms with Gasteiger partial charge < -0.3 is 9.32 Å². The van der Waals surface area contributed by atoms with Crippen LogP contribution < -0.4 is 5.76 Å². The van der Waals surface area contributed by atoms with Crippen molar-refractivity contribution < 1.29 is 9.21 Å². The molecule has 0 N–H and O–H groups in total. The number of piperidine rings is 1. The first kappa shape index (κ1) is 14.6. The molecule has 0 aliphatic carbocycles. The fourth-order valence-electron chi connectivity index (χ4n) is 3.30. The largest absolute Gasteiger partial charge is 0.420 e. The molecule has 1 aromatic heterocycles. The Morgan fingerprint density at radius 1 is 1.32 bits per heavy atom. The highest BCUT2D eigenvalue weighted by atomic mass is 16.4. The third-order valence-corrected chi connectivity index (χ3v) is 4.36. The first-order chi connectivity index (χ1) is 10.5. The molecule has 116 valence electrons. The average Bonchev–Trinajstić information content (AvgIpc) is 2.83. The molecular weight excluding hydrogens is 280 g/mol. The van der Waals surface area contributed by atoms with Crippen molar-refractivity contribution in [2.45, 2.75) is 32.7 Å². The van der Waals surface area contributed by atoms with E-state index >= 15 is 0 Å². The van der Waals surface area contributed by atoms with Crippen molar-refractivity contribution in [1.82, 2.24) is 9.47 Å². The minimum Gasteiger partial charge on any atom is -0.407 e.